The van der Waals surface area contributed by atoms with E-state index >= 15 is 0 Å². The lowest BCUT2D eigenvalue weighted by molar-refractivity contribution is -0.142. The number of esters is 1. The van der Waals surface area contributed by atoms with Crippen LogP contribution in [-0.2, 0) is 16.1 Å². The number of aryl methyl sites for hydroxylation is 2. The molecule has 3 heteroatoms. The summed E-state index contributed by atoms with van der Waals surface area (Å²) in [6.07, 6.45) is 0. The lowest BCUT2D eigenvalue weighted by Crippen LogP contribution is -1.97. The zero-order chi connectivity index (χ0) is 11.7. The molecule has 0 N–H and O–H groups in total. The van der Waals surface area contributed by atoms with Crippen LogP contribution < -0.4 is 0 Å². The minimum Gasteiger partial charge on any atom is -0.458 e. The van der Waals surface area contributed by atoms with Gasteiger partial charge in [-0.05, 0) is 31.5 Å². The minimum atomic E-state index is -0.298. The molecule has 1 aromatic heterocycles. The standard InChI is InChI=1S/C13H14O3/c1-8-4-9(2)13-11(5-8)6-12(16-13)7-15-10(3)14/h4-6H,7H2,1-3H3. The highest BCUT2D eigenvalue weighted by Gasteiger charge is 2.07. The predicted octanol–water partition coefficient (Wildman–Crippen LogP) is 3.11. The van der Waals surface area contributed by atoms with Crippen molar-refractivity contribution in [2.45, 2.75) is 27.4 Å². The van der Waals surface area contributed by atoms with Gasteiger partial charge in [-0.1, -0.05) is 11.6 Å². The first-order chi connectivity index (χ1) is 7.56. The molecule has 3 nitrogen and oxygen atoms in total. The van der Waals surface area contributed by atoms with Crippen molar-refractivity contribution < 1.29 is 13.9 Å². The molecule has 0 aliphatic carbocycles. The van der Waals surface area contributed by atoms with Gasteiger partial charge in [-0.3, -0.25) is 4.79 Å². The highest BCUT2D eigenvalue weighted by atomic mass is 16.5. The minimum absolute atomic E-state index is 0.197. The Morgan fingerprint density at radius 1 is 1.31 bits per heavy atom. The molecule has 2 aromatic rings. The van der Waals surface area contributed by atoms with Crippen molar-refractivity contribution >= 4 is 16.9 Å². The molecule has 0 aliphatic rings. The lowest BCUT2D eigenvalue weighted by atomic mass is 10.1. The predicted molar refractivity (Wildman–Crippen MR) is 61.2 cm³/mol. The third kappa shape index (κ3) is 2.08. The van der Waals surface area contributed by atoms with E-state index in [1.807, 2.05) is 19.9 Å². The maximum Gasteiger partial charge on any atom is 0.303 e. The fraction of sp³-hybridized carbons (Fsp3) is 0.308. The highest BCUT2D eigenvalue weighted by Crippen LogP contribution is 2.24. The van der Waals surface area contributed by atoms with E-state index in [1.54, 1.807) is 0 Å². The Balaban J connectivity index is 2.36. The van der Waals surface area contributed by atoms with Crippen LogP contribution in [0.25, 0.3) is 11.0 Å². The molecule has 0 spiro atoms. The molecular weight excluding hydrogens is 204 g/mol. The molecule has 0 bridgehead atoms. The van der Waals surface area contributed by atoms with Gasteiger partial charge in [0.15, 0.2) is 0 Å². The monoisotopic (exact) mass is 218 g/mol. The van der Waals surface area contributed by atoms with E-state index in [0.717, 1.165) is 16.5 Å². The number of fused-ring (bicyclic) bond motifs is 1. The molecule has 1 aromatic carbocycles. The number of carbonyl (C=O) groups excluding carboxylic acids is 1. The first kappa shape index (κ1) is 10.7. The van der Waals surface area contributed by atoms with Gasteiger partial charge < -0.3 is 9.15 Å². The van der Waals surface area contributed by atoms with E-state index in [2.05, 4.69) is 12.1 Å². The van der Waals surface area contributed by atoms with Crippen molar-refractivity contribution in [3.63, 3.8) is 0 Å². The van der Waals surface area contributed by atoms with Crippen molar-refractivity contribution in [1.82, 2.24) is 0 Å². The number of benzene rings is 1. The number of furan rings is 1. The van der Waals surface area contributed by atoms with Gasteiger partial charge in [0.2, 0.25) is 0 Å². The number of carbonyl (C=O) groups is 1. The molecule has 0 radical (unpaired) electrons. The Morgan fingerprint density at radius 3 is 2.75 bits per heavy atom. The van der Waals surface area contributed by atoms with Gasteiger partial charge in [0.1, 0.15) is 18.0 Å². The topological polar surface area (TPSA) is 39.4 Å². The Kier molecular flexibility index (Phi) is 2.69. The Morgan fingerprint density at radius 2 is 2.06 bits per heavy atom. The van der Waals surface area contributed by atoms with Crippen LogP contribution in [0.1, 0.15) is 23.8 Å². The molecule has 1 heterocycles. The van der Waals surface area contributed by atoms with Crippen LogP contribution >= 0.6 is 0 Å². The van der Waals surface area contributed by atoms with Crippen LogP contribution in [0.2, 0.25) is 0 Å². The Labute approximate surface area is 94.0 Å². The molecule has 84 valence electrons. The molecule has 2 rings (SSSR count). The van der Waals surface area contributed by atoms with Gasteiger partial charge in [0, 0.05) is 12.3 Å². The van der Waals surface area contributed by atoms with Gasteiger partial charge in [-0.15, -0.1) is 0 Å². The fourth-order valence-corrected chi connectivity index (χ4v) is 1.81. The van der Waals surface area contributed by atoms with Gasteiger partial charge in [-0.2, -0.15) is 0 Å². The highest BCUT2D eigenvalue weighted by molar-refractivity contribution is 5.81. The van der Waals surface area contributed by atoms with Crippen LogP contribution in [-0.4, -0.2) is 5.97 Å². The third-order valence-electron chi connectivity index (χ3n) is 2.42. The van der Waals surface area contributed by atoms with Crippen LogP contribution in [0.3, 0.4) is 0 Å². The summed E-state index contributed by atoms with van der Waals surface area (Å²) >= 11 is 0. The maximum absolute atomic E-state index is 10.7. The smallest absolute Gasteiger partial charge is 0.303 e. The zero-order valence-corrected chi connectivity index (χ0v) is 9.66. The summed E-state index contributed by atoms with van der Waals surface area (Å²) in [5.74, 6) is 0.382. The molecular formula is C13H14O3. The first-order valence-corrected chi connectivity index (χ1v) is 5.19. The summed E-state index contributed by atoms with van der Waals surface area (Å²) in [4.78, 5) is 10.7. The molecule has 0 saturated carbocycles. The summed E-state index contributed by atoms with van der Waals surface area (Å²) in [6, 6.07) is 6.04. The van der Waals surface area contributed by atoms with Crippen molar-refractivity contribution in [2.24, 2.45) is 0 Å². The molecule has 0 saturated heterocycles. The van der Waals surface area contributed by atoms with Gasteiger partial charge >= 0.3 is 5.97 Å². The van der Waals surface area contributed by atoms with Crippen molar-refractivity contribution in [3.8, 4) is 0 Å². The molecule has 0 unspecified atom stereocenters. The second-order valence-electron chi connectivity index (χ2n) is 3.99. The Hall–Kier alpha value is -1.77. The first-order valence-electron chi connectivity index (χ1n) is 5.19. The van der Waals surface area contributed by atoms with E-state index in [4.69, 9.17) is 9.15 Å². The van der Waals surface area contributed by atoms with E-state index < -0.39 is 0 Å². The van der Waals surface area contributed by atoms with E-state index in [-0.39, 0.29) is 12.6 Å². The summed E-state index contributed by atoms with van der Waals surface area (Å²) in [6.45, 7) is 5.64. The molecule has 0 amide bonds. The quantitative estimate of drug-likeness (QED) is 0.727. The number of hydrogen-bond acceptors (Lipinski definition) is 3. The number of rotatable bonds is 2. The molecule has 16 heavy (non-hydrogen) atoms. The molecule has 0 atom stereocenters. The van der Waals surface area contributed by atoms with E-state index in [9.17, 15) is 4.79 Å². The third-order valence-corrected chi connectivity index (χ3v) is 2.42. The van der Waals surface area contributed by atoms with Gasteiger partial charge in [-0.25, -0.2) is 0 Å². The number of ether oxygens (including phenoxy) is 1. The second kappa shape index (κ2) is 4.00. The second-order valence-corrected chi connectivity index (χ2v) is 3.99. The summed E-state index contributed by atoms with van der Waals surface area (Å²) in [5.41, 5.74) is 3.17. The van der Waals surface area contributed by atoms with E-state index in [0.29, 0.717) is 5.76 Å². The van der Waals surface area contributed by atoms with Gasteiger partial charge in [0.25, 0.3) is 0 Å². The van der Waals surface area contributed by atoms with Gasteiger partial charge in [0.05, 0.1) is 0 Å². The van der Waals surface area contributed by atoms with Crippen molar-refractivity contribution in [1.29, 1.82) is 0 Å². The summed E-state index contributed by atoms with van der Waals surface area (Å²) in [7, 11) is 0. The van der Waals surface area contributed by atoms with Crippen molar-refractivity contribution in [2.75, 3.05) is 0 Å². The normalized spacial score (nSPS) is 10.7. The fourth-order valence-electron chi connectivity index (χ4n) is 1.81. The lowest BCUT2D eigenvalue weighted by Gasteiger charge is -1.97. The average molecular weight is 218 g/mol. The molecule has 0 aliphatic heterocycles. The summed E-state index contributed by atoms with van der Waals surface area (Å²) < 4.78 is 10.5. The SMILES string of the molecule is CC(=O)OCc1cc2cc(C)cc(C)c2o1. The Bertz CT molecular complexity index is 537. The number of hydrogen-bond donors (Lipinski definition) is 0. The van der Waals surface area contributed by atoms with E-state index in [1.165, 1.54) is 12.5 Å². The van der Waals surface area contributed by atoms with Crippen LogP contribution in [0, 0.1) is 13.8 Å². The van der Waals surface area contributed by atoms with Crippen LogP contribution in [0.4, 0.5) is 0 Å². The average Bonchev–Trinajstić information content (AvgIpc) is 2.57. The van der Waals surface area contributed by atoms with Crippen molar-refractivity contribution in [3.05, 3.63) is 35.1 Å². The van der Waals surface area contributed by atoms with Crippen LogP contribution in [0.5, 0.6) is 0 Å². The summed E-state index contributed by atoms with van der Waals surface area (Å²) in [5, 5.41) is 1.06. The maximum atomic E-state index is 10.7. The largest absolute Gasteiger partial charge is 0.458 e. The zero-order valence-electron chi connectivity index (χ0n) is 9.66. The van der Waals surface area contributed by atoms with Crippen LogP contribution in [0.15, 0.2) is 22.6 Å². The molecule has 0 fully saturated rings.